The van der Waals surface area contributed by atoms with Gasteiger partial charge in [-0.05, 0) is 11.5 Å². The van der Waals surface area contributed by atoms with E-state index in [-0.39, 0.29) is 18.4 Å². The van der Waals surface area contributed by atoms with Crippen LogP contribution in [0.2, 0.25) is 0 Å². The van der Waals surface area contributed by atoms with E-state index in [9.17, 15) is 9.90 Å². The molecule has 4 N–H and O–H groups in total. The molecule has 4 nitrogen and oxygen atoms in total. The zero-order valence-corrected chi connectivity index (χ0v) is 11.0. The van der Waals surface area contributed by atoms with E-state index in [0.717, 1.165) is 5.56 Å². The summed E-state index contributed by atoms with van der Waals surface area (Å²) in [6, 6.07) is 9.16. The van der Waals surface area contributed by atoms with Gasteiger partial charge in [-0.2, -0.15) is 0 Å². The van der Waals surface area contributed by atoms with Gasteiger partial charge >= 0.3 is 0 Å². The summed E-state index contributed by atoms with van der Waals surface area (Å²) in [6.45, 7) is 4.02. The fourth-order valence-corrected chi connectivity index (χ4v) is 1.60. The Morgan fingerprint density at radius 1 is 1.33 bits per heavy atom. The van der Waals surface area contributed by atoms with Gasteiger partial charge in [0.05, 0.1) is 12.1 Å². The molecule has 18 heavy (non-hydrogen) atoms. The molecular weight excluding hydrogens is 228 g/mol. The highest BCUT2D eigenvalue weighted by atomic mass is 16.3. The van der Waals surface area contributed by atoms with Crippen LogP contribution in [0.3, 0.4) is 0 Å². The van der Waals surface area contributed by atoms with E-state index in [1.807, 2.05) is 44.2 Å². The molecule has 0 aliphatic carbocycles. The predicted molar refractivity (Wildman–Crippen MR) is 72.0 cm³/mol. The lowest BCUT2D eigenvalue weighted by Crippen LogP contribution is -2.46. The number of hydrogen-bond donors (Lipinski definition) is 3. The average Bonchev–Trinajstić information content (AvgIpc) is 2.36. The first-order valence-electron chi connectivity index (χ1n) is 6.26. The van der Waals surface area contributed by atoms with E-state index in [1.54, 1.807) is 0 Å². The maximum atomic E-state index is 11.6. The van der Waals surface area contributed by atoms with Gasteiger partial charge in [-0.1, -0.05) is 44.2 Å². The number of carbonyl (C=O) groups is 1. The van der Waals surface area contributed by atoms with Crippen molar-refractivity contribution in [2.75, 3.05) is 6.54 Å². The van der Waals surface area contributed by atoms with Gasteiger partial charge in [0, 0.05) is 13.0 Å². The maximum Gasteiger partial charge on any atom is 0.237 e. The summed E-state index contributed by atoms with van der Waals surface area (Å²) < 4.78 is 0. The Hall–Kier alpha value is -1.39. The van der Waals surface area contributed by atoms with E-state index >= 15 is 0 Å². The Morgan fingerprint density at radius 2 is 1.94 bits per heavy atom. The number of nitrogens with one attached hydrogen (secondary N) is 1. The van der Waals surface area contributed by atoms with Crippen LogP contribution in [0, 0.1) is 5.92 Å². The summed E-state index contributed by atoms with van der Waals surface area (Å²) in [5.41, 5.74) is 6.75. The van der Waals surface area contributed by atoms with Crippen LogP contribution in [0.15, 0.2) is 30.3 Å². The third kappa shape index (κ3) is 4.85. The first-order valence-corrected chi connectivity index (χ1v) is 6.26. The molecule has 0 aromatic heterocycles. The highest BCUT2D eigenvalue weighted by molar-refractivity contribution is 5.81. The quantitative estimate of drug-likeness (QED) is 0.695. The third-order valence-corrected chi connectivity index (χ3v) is 2.85. The van der Waals surface area contributed by atoms with Crippen LogP contribution in [0.25, 0.3) is 0 Å². The van der Waals surface area contributed by atoms with Crippen molar-refractivity contribution < 1.29 is 9.90 Å². The fourth-order valence-electron chi connectivity index (χ4n) is 1.60. The zero-order valence-electron chi connectivity index (χ0n) is 11.0. The average molecular weight is 250 g/mol. The molecule has 4 heteroatoms. The van der Waals surface area contributed by atoms with Crippen LogP contribution in [0.5, 0.6) is 0 Å². The zero-order chi connectivity index (χ0) is 13.5. The van der Waals surface area contributed by atoms with E-state index in [0.29, 0.717) is 6.42 Å². The van der Waals surface area contributed by atoms with Gasteiger partial charge in [0.15, 0.2) is 0 Å². The van der Waals surface area contributed by atoms with Crippen LogP contribution in [0.4, 0.5) is 0 Å². The molecule has 1 rings (SSSR count). The Balaban J connectivity index is 2.33. The minimum absolute atomic E-state index is 0.0938. The molecule has 0 bridgehead atoms. The van der Waals surface area contributed by atoms with Crippen molar-refractivity contribution in [3.05, 3.63) is 35.9 Å². The van der Waals surface area contributed by atoms with Gasteiger partial charge in [0.2, 0.25) is 5.91 Å². The second-order valence-electron chi connectivity index (χ2n) is 4.86. The molecule has 1 unspecified atom stereocenters. The summed E-state index contributed by atoms with van der Waals surface area (Å²) in [7, 11) is 0. The molecule has 0 heterocycles. The first-order chi connectivity index (χ1) is 8.50. The molecule has 1 amide bonds. The van der Waals surface area contributed by atoms with Crippen molar-refractivity contribution in [1.29, 1.82) is 0 Å². The number of benzene rings is 1. The van der Waals surface area contributed by atoms with Crippen molar-refractivity contribution in [3.8, 4) is 0 Å². The lowest BCUT2D eigenvalue weighted by molar-refractivity contribution is -0.123. The molecule has 0 radical (unpaired) electrons. The first kappa shape index (κ1) is 14.7. The van der Waals surface area contributed by atoms with Crippen LogP contribution in [0.1, 0.15) is 19.4 Å². The molecule has 0 aliphatic rings. The van der Waals surface area contributed by atoms with Gasteiger partial charge in [-0.25, -0.2) is 0 Å². The number of carbonyl (C=O) groups excluding carboxylic acids is 1. The van der Waals surface area contributed by atoms with Crippen molar-refractivity contribution >= 4 is 5.91 Å². The second kappa shape index (κ2) is 7.13. The van der Waals surface area contributed by atoms with Gasteiger partial charge in [0.25, 0.3) is 0 Å². The Bertz CT molecular complexity index is 365. The molecule has 2 atom stereocenters. The van der Waals surface area contributed by atoms with Gasteiger partial charge in [-0.15, -0.1) is 0 Å². The molecule has 1 aromatic carbocycles. The normalized spacial score (nSPS) is 14.3. The molecule has 0 fully saturated rings. The molecular formula is C14H22N2O2. The van der Waals surface area contributed by atoms with Gasteiger partial charge in [0.1, 0.15) is 0 Å². The summed E-state index contributed by atoms with van der Waals surface area (Å²) >= 11 is 0. The third-order valence-electron chi connectivity index (χ3n) is 2.85. The van der Waals surface area contributed by atoms with Crippen LogP contribution < -0.4 is 11.1 Å². The number of rotatable bonds is 6. The number of aliphatic hydroxyl groups excluding tert-OH is 1. The SMILES string of the molecule is CC(C)[C@H](N)C(=O)NCC(O)Cc1ccccc1. The Morgan fingerprint density at radius 3 is 2.50 bits per heavy atom. The molecule has 0 aliphatic heterocycles. The van der Waals surface area contributed by atoms with Crippen LogP contribution in [-0.4, -0.2) is 29.7 Å². The number of hydrogen-bond acceptors (Lipinski definition) is 3. The maximum absolute atomic E-state index is 11.6. The molecule has 1 aromatic rings. The van der Waals surface area contributed by atoms with Crippen LogP contribution in [-0.2, 0) is 11.2 Å². The number of amides is 1. The van der Waals surface area contributed by atoms with Crippen molar-refractivity contribution in [3.63, 3.8) is 0 Å². The monoisotopic (exact) mass is 250 g/mol. The van der Waals surface area contributed by atoms with Gasteiger partial charge < -0.3 is 16.2 Å². The fraction of sp³-hybridized carbons (Fsp3) is 0.500. The Kier molecular flexibility index (Phi) is 5.82. The molecule has 0 saturated heterocycles. The highest BCUT2D eigenvalue weighted by Gasteiger charge is 2.17. The largest absolute Gasteiger partial charge is 0.391 e. The standard InChI is InChI=1S/C14H22N2O2/c1-10(2)13(15)14(18)16-9-12(17)8-11-6-4-3-5-7-11/h3-7,10,12-13,17H,8-9,15H2,1-2H3,(H,16,18)/t12?,13-/m0/s1. The van der Waals surface area contributed by atoms with E-state index in [2.05, 4.69) is 5.32 Å². The predicted octanol–water partition coefficient (Wildman–Crippen LogP) is 0.690. The van der Waals surface area contributed by atoms with Gasteiger partial charge in [-0.3, -0.25) is 4.79 Å². The molecule has 0 saturated carbocycles. The topological polar surface area (TPSA) is 75.4 Å². The van der Waals surface area contributed by atoms with Crippen molar-refractivity contribution in [2.24, 2.45) is 11.7 Å². The number of aliphatic hydroxyl groups is 1. The minimum Gasteiger partial charge on any atom is -0.391 e. The number of nitrogens with two attached hydrogens (primary N) is 1. The van der Waals surface area contributed by atoms with Crippen molar-refractivity contribution in [1.82, 2.24) is 5.32 Å². The van der Waals surface area contributed by atoms with E-state index in [1.165, 1.54) is 0 Å². The summed E-state index contributed by atoms with van der Waals surface area (Å²) in [4.78, 5) is 11.6. The lowest BCUT2D eigenvalue weighted by atomic mass is 10.0. The highest BCUT2D eigenvalue weighted by Crippen LogP contribution is 2.03. The van der Waals surface area contributed by atoms with Crippen LogP contribution >= 0.6 is 0 Å². The molecule has 100 valence electrons. The molecule has 0 spiro atoms. The summed E-state index contributed by atoms with van der Waals surface area (Å²) in [5, 5.41) is 12.5. The Labute approximate surface area is 108 Å². The van der Waals surface area contributed by atoms with E-state index in [4.69, 9.17) is 5.73 Å². The minimum atomic E-state index is -0.587. The summed E-state index contributed by atoms with van der Waals surface area (Å²) in [5.74, 6) is -0.117. The van der Waals surface area contributed by atoms with E-state index < -0.39 is 12.1 Å². The lowest BCUT2D eigenvalue weighted by Gasteiger charge is -2.17. The smallest absolute Gasteiger partial charge is 0.237 e. The second-order valence-corrected chi connectivity index (χ2v) is 4.86. The van der Waals surface area contributed by atoms with Crippen molar-refractivity contribution in [2.45, 2.75) is 32.4 Å². The summed E-state index contributed by atoms with van der Waals surface area (Å²) in [6.07, 6.45) is -0.0615.